The summed E-state index contributed by atoms with van der Waals surface area (Å²) in [7, 11) is 4.24. The molecule has 0 N–H and O–H groups in total. The third kappa shape index (κ3) is 2.43. The van der Waals surface area contributed by atoms with Crippen molar-refractivity contribution in [3.63, 3.8) is 0 Å². The van der Waals surface area contributed by atoms with E-state index in [2.05, 4.69) is 34.5 Å². The summed E-state index contributed by atoms with van der Waals surface area (Å²) in [5.41, 5.74) is 0.792. The van der Waals surface area contributed by atoms with Gasteiger partial charge < -0.3 is 9.47 Å². The summed E-state index contributed by atoms with van der Waals surface area (Å²) in [6.45, 7) is 1.16. The SMILES string of the molecule is CN(C)C1(c2nnnn2-c2ccc3c(c2)OCCO3)CCCCC1. The van der Waals surface area contributed by atoms with E-state index in [1.54, 1.807) is 0 Å². The zero-order valence-corrected chi connectivity index (χ0v) is 14.2. The van der Waals surface area contributed by atoms with Crippen LogP contribution in [0.4, 0.5) is 0 Å². The van der Waals surface area contributed by atoms with Crippen LogP contribution >= 0.6 is 0 Å². The van der Waals surface area contributed by atoms with Crippen LogP contribution in [0.2, 0.25) is 0 Å². The lowest BCUT2D eigenvalue weighted by atomic mass is 9.80. The molecular weight excluding hydrogens is 306 g/mol. The highest BCUT2D eigenvalue weighted by atomic mass is 16.6. The highest BCUT2D eigenvalue weighted by Crippen LogP contribution is 2.41. The molecule has 4 rings (SSSR count). The molecule has 1 aliphatic heterocycles. The van der Waals surface area contributed by atoms with E-state index >= 15 is 0 Å². The van der Waals surface area contributed by atoms with Gasteiger partial charge in [0.05, 0.1) is 11.2 Å². The van der Waals surface area contributed by atoms with Crippen molar-refractivity contribution in [3.8, 4) is 17.2 Å². The maximum Gasteiger partial charge on any atom is 0.176 e. The maximum absolute atomic E-state index is 5.70. The van der Waals surface area contributed by atoms with Gasteiger partial charge in [-0.2, -0.15) is 4.68 Å². The zero-order chi connectivity index (χ0) is 16.6. The van der Waals surface area contributed by atoms with E-state index in [-0.39, 0.29) is 5.54 Å². The van der Waals surface area contributed by atoms with Crippen LogP contribution in [0.25, 0.3) is 5.69 Å². The average molecular weight is 329 g/mol. The molecule has 2 aromatic rings. The normalized spacial score (nSPS) is 19.5. The predicted octanol–water partition coefficient (Wildman–Crippen LogP) is 2.15. The van der Waals surface area contributed by atoms with Gasteiger partial charge in [-0.05, 0) is 49.5 Å². The van der Waals surface area contributed by atoms with E-state index in [0.29, 0.717) is 13.2 Å². The first-order chi connectivity index (χ1) is 11.7. The number of aromatic nitrogens is 4. The number of ether oxygens (including phenoxy) is 2. The first kappa shape index (κ1) is 15.4. The molecule has 2 aliphatic rings. The number of fused-ring (bicyclic) bond motifs is 1. The first-order valence-corrected chi connectivity index (χ1v) is 8.57. The van der Waals surface area contributed by atoms with Crippen molar-refractivity contribution < 1.29 is 9.47 Å². The standard InChI is InChI=1S/C17H23N5O2/c1-21(2)17(8-4-3-5-9-17)16-18-19-20-22(16)13-6-7-14-15(12-13)24-11-10-23-14/h6-7,12H,3-5,8-11H2,1-2H3. The Kier molecular flexibility index (Phi) is 3.88. The molecule has 1 aromatic heterocycles. The second-order valence-electron chi connectivity index (χ2n) is 6.73. The van der Waals surface area contributed by atoms with Gasteiger partial charge >= 0.3 is 0 Å². The summed E-state index contributed by atoms with van der Waals surface area (Å²) >= 11 is 0. The molecule has 7 heteroatoms. The van der Waals surface area contributed by atoms with E-state index < -0.39 is 0 Å². The van der Waals surface area contributed by atoms with Crippen molar-refractivity contribution in [3.05, 3.63) is 24.0 Å². The Morgan fingerprint density at radius 3 is 2.54 bits per heavy atom. The van der Waals surface area contributed by atoms with Crippen molar-refractivity contribution >= 4 is 0 Å². The number of benzene rings is 1. The molecule has 0 radical (unpaired) electrons. The van der Waals surface area contributed by atoms with Gasteiger partial charge in [-0.1, -0.05) is 19.3 Å². The highest BCUT2D eigenvalue weighted by molar-refractivity contribution is 5.49. The average Bonchev–Trinajstić information content (AvgIpc) is 3.12. The number of tetrazole rings is 1. The first-order valence-electron chi connectivity index (χ1n) is 8.57. The molecule has 0 amide bonds. The molecule has 128 valence electrons. The maximum atomic E-state index is 5.70. The topological polar surface area (TPSA) is 65.3 Å². The van der Waals surface area contributed by atoms with Crippen molar-refractivity contribution in [1.82, 2.24) is 25.1 Å². The summed E-state index contributed by atoms with van der Waals surface area (Å²) in [6, 6.07) is 5.87. The largest absolute Gasteiger partial charge is 0.486 e. The summed E-state index contributed by atoms with van der Waals surface area (Å²) in [5, 5.41) is 12.7. The van der Waals surface area contributed by atoms with E-state index in [0.717, 1.165) is 35.9 Å². The minimum atomic E-state index is -0.116. The lowest BCUT2D eigenvalue weighted by Crippen LogP contribution is -2.45. The fourth-order valence-corrected chi connectivity index (χ4v) is 3.82. The second-order valence-corrected chi connectivity index (χ2v) is 6.73. The third-order valence-electron chi connectivity index (χ3n) is 5.19. The molecule has 7 nitrogen and oxygen atoms in total. The van der Waals surface area contributed by atoms with Crippen LogP contribution in [0.15, 0.2) is 18.2 Å². The van der Waals surface area contributed by atoms with Gasteiger partial charge in [0.25, 0.3) is 0 Å². The summed E-state index contributed by atoms with van der Waals surface area (Å²) in [6.07, 6.45) is 5.83. The third-order valence-corrected chi connectivity index (χ3v) is 5.19. The van der Waals surface area contributed by atoms with Crippen LogP contribution in [0.1, 0.15) is 37.9 Å². The monoisotopic (exact) mass is 329 g/mol. The molecular formula is C17H23N5O2. The number of rotatable bonds is 3. The number of nitrogens with zero attached hydrogens (tertiary/aromatic N) is 5. The van der Waals surface area contributed by atoms with Crippen molar-refractivity contribution in [2.45, 2.75) is 37.6 Å². The molecule has 0 atom stereocenters. The fraction of sp³-hybridized carbons (Fsp3) is 0.588. The van der Waals surface area contributed by atoms with E-state index in [9.17, 15) is 0 Å². The molecule has 2 heterocycles. The minimum Gasteiger partial charge on any atom is -0.486 e. The van der Waals surface area contributed by atoms with Crippen molar-refractivity contribution in [2.75, 3.05) is 27.3 Å². The van der Waals surface area contributed by atoms with E-state index in [4.69, 9.17) is 9.47 Å². The van der Waals surface area contributed by atoms with Crippen molar-refractivity contribution in [1.29, 1.82) is 0 Å². The Morgan fingerprint density at radius 1 is 1.04 bits per heavy atom. The van der Waals surface area contributed by atoms with E-state index in [1.807, 2.05) is 22.9 Å². The van der Waals surface area contributed by atoms with Crippen molar-refractivity contribution in [2.24, 2.45) is 0 Å². The van der Waals surface area contributed by atoms with Gasteiger partial charge in [0, 0.05) is 6.07 Å². The quantitative estimate of drug-likeness (QED) is 0.860. The summed E-state index contributed by atoms with van der Waals surface area (Å²) in [5.74, 6) is 2.44. The molecule has 0 bridgehead atoms. The van der Waals surface area contributed by atoms with Crippen LogP contribution in [0.3, 0.4) is 0 Å². The van der Waals surface area contributed by atoms with Crippen LogP contribution in [0, 0.1) is 0 Å². The van der Waals surface area contributed by atoms with Gasteiger partial charge in [0.1, 0.15) is 13.2 Å². The Morgan fingerprint density at radius 2 is 1.79 bits per heavy atom. The molecule has 0 spiro atoms. The van der Waals surface area contributed by atoms with Crippen LogP contribution in [0.5, 0.6) is 11.5 Å². The van der Waals surface area contributed by atoms with Crippen LogP contribution in [-0.4, -0.2) is 52.4 Å². The fourth-order valence-electron chi connectivity index (χ4n) is 3.82. The van der Waals surface area contributed by atoms with Gasteiger partial charge in [-0.3, -0.25) is 4.90 Å². The zero-order valence-electron chi connectivity index (χ0n) is 14.2. The van der Waals surface area contributed by atoms with Gasteiger partial charge in [0.15, 0.2) is 17.3 Å². The molecule has 1 aliphatic carbocycles. The van der Waals surface area contributed by atoms with E-state index in [1.165, 1.54) is 19.3 Å². The summed E-state index contributed by atoms with van der Waals surface area (Å²) in [4.78, 5) is 2.27. The molecule has 24 heavy (non-hydrogen) atoms. The number of hydrogen-bond acceptors (Lipinski definition) is 6. The number of hydrogen-bond donors (Lipinski definition) is 0. The van der Waals surface area contributed by atoms with Gasteiger partial charge in [-0.25, -0.2) is 0 Å². The lowest BCUT2D eigenvalue weighted by molar-refractivity contribution is 0.0865. The Hall–Kier alpha value is -2.15. The molecule has 0 unspecified atom stereocenters. The smallest absolute Gasteiger partial charge is 0.176 e. The van der Waals surface area contributed by atoms with Gasteiger partial charge in [0.2, 0.25) is 0 Å². The Balaban J connectivity index is 1.77. The Labute approximate surface area is 141 Å². The lowest BCUT2D eigenvalue weighted by Gasteiger charge is -2.41. The molecule has 1 saturated carbocycles. The van der Waals surface area contributed by atoms with Crippen LogP contribution < -0.4 is 9.47 Å². The predicted molar refractivity (Wildman–Crippen MR) is 88.6 cm³/mol. The molecule has 1 aromatic carbocycles. The molecule has 1 fully saturated rings. The second kappa shape index (κ2) is 6.05. The summed E-state index contributed by atoms with van der Waals surface area (Å²) < 4.78 is 13.2. The van der Waals surface area contributed by atoms with Gasteiger partial charge in [-0.15, -0.1) is 5.10 Å². The Bertz CT molecular complexity index is 722. The van der Waals surface area contributed by atoms with Crippen LogP contribution in [-0.2, 0) is 5.54 Å². The minimum absolute atomic E-state index is 0.116. The highest BCUT2D eigenvalue weighted by Gasteiger charge is 2.41. The molecule has 0 saturated heterocycles.